The van der Waals surface area contributed by atoms with E-state index >= 15 is 0 Å². The fraction of sp³-hybridized carbons (Fsp3) is 1.00. The fourth-order valence-electron chi connectivity index (χ4n) is 1.27. The van der Waals surface area contributed by atoms with Crippen LogP contribution in [0.25, 0.3) is 0 Å². The van der Waals surface area contributed by atoms with E-state index in [1.54, 1.807) is 0 Å². The first kappa shape index (κ1) is 9.16. The molecule has 1 heterocycles. The molecular formula is C7H16N2OS. The van der Waals surface area contributed by atoms with Crippen LogP contribution in [0.5, 0.6) is 0 Å². The molecule has 1 saturated heterocycles. The van der Waals surface area contributed by atoms with Gasteiger partial charge in [-0.15, -0.1) is 0 Å². The summed E-state index contributed by atoms with van der Waals surface area (Å²) in [6.07, 6.45) is 0. The molecule has 0 aliphatic carbocycles. The molecule has 1 aliphatic rings. The van der Waals surface area contributed by atoms with Gasteiger partial charge in [-0.25, -0.2) is 0 Å². The van der Waals surface area contributed by atoms with E-state index < -0.39 is 10.8 Å². The molecule has 1 fully saturated rings. The van der Waals surface area contributed by atoms with Crippen LogP contribution in [0, 0.1) is 0 Å². The van der Waals surface area contributed by atoms with E-state index in [1.807, 2.05) is 6.92 Å². The Morgan fingerprint density at radius 3 is 2.55 bits per heavy atom. The monoisotopic (exact) mass is 176 g/mol. The van der Waals surface area contributed by atoms with E-state index in [9.17, 15) is 4.21 Å². The first-order valence-electron chi connectivity index (χ1n) is 4.01. The number of hydrogen-bond donors (Lipinski definition) is 1. The van der Waals surface area contributed by atoms with Gasteiger partial charge in [0.15, 0.2) is 0 Å². The molecule has 2 N–H and O–H groups in total. The topological polar surface area (TPSA) is 46.3 Å². The summed E-state index contributed by atoms with van der Waals surface area (Å²) in [5.41, 5.74) is 5.64. The molecule has 4 heteroatoms. The first-order valence-corrected chi connectivity index (χ1v) is 5.50. The number of rotatable bonds is 2. The van der Waals surface area contributed by atoms with Crippen LogP contribution in [0.3, 0.4) is 0 Å². The highest BCUT2D eigenvalue weighted by Crippen LogP contribution is 1.99. The Labute approximate surface area is 70.4 Å². The molecule has 0 amide bonds. The van der Waals surface area contributed by atoms with Crippen molar-refractivity contribution in [3.63, 3.8) is 0 Å². The molecule has 3 nitrogen and oxygen atoms in total. The quantitative estimate of drug-likeness (QED) is 0.611. The molecule has 66 valence electrons. The smallest absolute Gasteiger partial charge is 0.0363 e. The Morgan fingerprint density at radius 2 is 2.09 bits per heavy atom. The largest absolute Gasteiger partial charge is 0.327 e. The maximum Gasteiger partial charge on any atom is 0.0363 e. The lowest BCUT2D eigenvalue weighted by Crippen LogP contribution is -2.43. The van der Waals surface area contributed by atoms with Gasteiger partial charge in [-0.05, 0) is 6.92 Å². The average molecular weight is 176 g/mol. The van der Waals surface area contributed by atoms with E-state index in [1.165, 1.54) is 0 Å². The maximum atomic E-state index is 10.9. The standard InChI is InChI=1S/C7H16N2OS/c1-7(8)6-9-2-4-11(10)5-3-9/h7H,2-6,8H2,1H3. The SMILES string of the molecule is CC(N)CN1CCS(=O)CC1. The van der Waals surface area contributed by atoms with Crippen molar-refractivity contribution in [2.75, 3.05) is 31.1 Å². The van der Waals surface area contributed by atoms with Crippen molar-refractivity contribution in [3.8, 4) is 0 Å². The molecule has 0 bridgehead atoms. The van der Waals surface area contributed by atoms with Gasteiger partial charge < -0.3 is 5.73 Å². The van der Waals surface area contributed by atoms with Crippen LogP contribution in [0.2, 0.25) is 0 Å². The number of nitrogens with zero attached hydrogens (tertiary/aromatic N) is 1. The molecular weight excluding hydrogens is 160 g/mol. The lowest BCUT2D eigenvalue weighted by Gasteiger charge is -2.27. The second-order valence-corrected chi connectivity index (χ2v) is 4.82. The van der Waals surface area contributed by atoms with Crippen LogP contribution in [0.4, 0.5) is 0 Å². The first-order chi connectivity index (χ1) is 5.18. The highest BCUT2D eigenvalue weighted by molar-refractivity contribution is 7.85. The Kier molecular flexibility index (Phi) is 3.48. The minimum Gasteiger partial charge on any atom is -0.327 e. The lowest BCUT2D eigenvalue weighted by molar-refractivity contribution is 0.285. The molecule has 0 saturated carbocycles. The zero-order valence-electron chi connectivity index (χ0n) is 6.95. The van der Waals surface area contributed by atoms with Gasteiger partial charge in [-0.2, -0.15) is 0 Å². The normalized spacial score (nSPS) is 25.3. The van der Waals surface area contributed by atoms with Crippen LogP contribution in [0.1, 0.15) is 6.92 Å². The van der Waals surface area contributed by atoms with Crippen LogP contribution in [-0.4, -0.2) is 46.3 Å². The third-order valence-electron chi connectivity index (χ3n) is 1.82. The van der Waals surface area contributed by atoms with Crippen molar-refractivity contribution >= 4 is 10.8 Å². The lowest BCUT2D eigenvalue weighted by atomic mass is 10.3. The third-order valence-corrected chi connectivity index (χ3v) is 3.09. The van der Waals surface area contributed by atoms with Crippen LogP contribution >= 0.6 is 0 Å². The van der Waals surface area contributed by atoms with E-state index in [0.29, 0.717) is 0 Å². The van der Waals surface area contributed by atoms with E-state index in [-0.39, 0.29) is 6.04 Å². The van der Waals surface area contributed by atoms with Crippen molar-refractivity contribution < 1.29 is 4.21 Å². The molecule has 1 unspecified atom stereocenters. The van der Waals surface area contributed by atoms with Gasteiger partial charge in [-0.1, -0.05) is 0 Å². The highest BCUT2D eigenvalue weighted by atomic mass is 32.2. The third kappa shape index (κ3) is 3.31. The van der Waals surface area contributed by atoms with Crippen molar-refractivity contribution in [3.05, 3.63) is 0 Å². The van der Waals surface area contributed by atoms with Gasteiger partial charge in [0.2, 0.25) is 0 Å². The van der Waals surface area contributed by atoms with Gasteiger partial charge in [0.25, 0.3) is 0 Å². The predicted molar refractivity (Wildman–Crippen MR) is 48.0 cm³/mol. The van der Waals surface area contributed by atoms with Crippen molar-refractivity contribution in [1.29, 1.82) is 0 Å². The molecule has 0 spiro atoms. The number of hydrogen-bond acceptors (Lipinski definition) is 3. The van der Waals surface area contributed by atoms with E-state index in [0.717, 1.165) is 31.1 Å². The second kappa shape index (κ2) is 4.18. The molecule has 0 aromatic heterocycles. The summed E-state index contributed by atoms with van der Waals surface area (Å²) in [5, 5.41) is 0. The van der Waals surface area contributed by atoms with Crippen LogP contribution in [0.15, 0.2) is 0 Å². The van der Waals surface area contributed by atoms with Gasteiger partial charge in [0.1, 0.15) is 0 Å². The highest BCUT2D eigenvalue weighted by Gasteiger charge is 2.15. The van der Waals surface area contributed by atoms with Gasteiger partial charge >= 0.3 is 0 Å². The summed E-state index contributed by atoms with van der Waals surface area (Å²) in [7, 11) is -0.558. The zero-order chi connectivity index (χ0) is 8.27. The summed E-state index contributed by atoms with van der Waals surface area (Å²) in [5.74, 6) is 1.65. The summed E-state index contributed by atoms with van der Waals surface area (Å²) in [6, 6.07) is 0.238. The zero-order valence-corrected chi connectivity index (χ0v) is 7.77. The summed E-state index contributed by atoms with van der Waals surface area (Å²) in [6.45, 7) is 4.85. The maximum absolute atomic E-state index is 10.9. The van der Waals surface area contributed by atoms with E-state index in [2.05, 4.69) is 4.90 Å². The van der Waals surface area contributed by atoms with Gasteiger partial charge in [0.05, 0.1) is 0 Å². The Bertz CT molecular complexity index is 139. The second-order valence-electron chi connectivity index (χ2n) is 3.13. The van der Waals surface area contributed by atoms with E-state index in [4.69, 9.17) is 5.73 Å². The summed E-state index contributed by atoms with van der Waals surface area (Å²) >= 11 is 0. The van der Waals surface area contributed by atoms with Crippen LogP contribution < -0.4 is 5.73 Å². The van der Waals surface area contributed by atoms with Crippen molar-refractivity contribution in [2.45, 2.75) is 13.0 Å². The van der Waals surface area contributed by atoms with Crippen LogP contribution in [-0.2, 0) is 10.8 Å². The Hall–Kier alpha value is 0.0700. The fourth-order valence-corrected chi connectivity index (χ4v) is 2.39. The van der Waals surface area contributed by atoms with Gasteiger partial charge in [-0.3, -0.25) is 9.11 Å². The molecule has 0 aromatic rings. The molecule has 11 heavy (non-hydrogen) atoms. The Balaban J connectivity index is 2.22. The molecule has 1 aliphatic heterocycles. The molecule has 1 rings (SSSR count). The molecule has 1 atom stereocenters. The Morgan fingerprint density at radius 1 is 1.55 bits per heavy atom. The summed E-state index contributed by atoms with van der Waals surface area (Å²) in [4.78, 5) is 2.28. The van der Waals surface area contributed by atoms with Gasteiger partial charge in [0, 0.05) is 48.0 Å². The number of nitrogens with two attached hydrogens (primary N) is 1. The molecule has 0 aromatic carbocycles. The summed E-state index contributed by atoms with van der Waals surface area (Å²) < 4.78 is 10.9. The molecule has 0 radical (unpaired) electrons. The predicted octanol–water partition coefficient (Wildman–Crippen LogP) is -0.602. The van der Waals surface area contributed by atoms with Crippen molar-refractivity contribution in [1.82, 2.24) is 4.90 Å². The average Bonchev–Trinajstić information content (AvgIpc) is 1.93. The van der Waals surface area contributed by atoms with Crippen molar-refractivity contribution in [2.24, 2.45) is 5.73 Å². The minimum atomic E-state index is -0.558. The minimum absolute atomic E-state index is 0.238.